The number of benzene rings is 4. The molecule has 0 aliphatic carbocycles. The molecule has 0 saturated heterocycles. The largest absolute Gasteiger partial charge is 0.508 e. The van der Waals surface area contributed by atoms with Crippen molar-refractivity contribution in [1.29, 1.82) is 0 Å². The van der Waals surface area contributed by atoms with E-state index in [2.05, 4.69) is 4.99 Å². The fourth-order valence-electron chi connectivity index (χ4n) is 4.29. The van der Waals surface area contributed by atoms with Crippen LogP contribution in [0.25, 0.3) is 5.57 Å². The quantitative estimate of drug-likeness (QED) is 0.338. The number of amides is 1. The molecule has 0 radical (unpaired) electrons. The molecule has 1 aliphatic heterocycles. The number of phenols is 2. The van der Waals surface area contributed by atoms with Gasteiger partial charge in [0.1, 0.15) is 17.3 Å². The summed E-state index contributed by atoms with van der Waals surface area (Å²) >= 11 is 0. The Kier molecular flexibility index (Phi) is 6.33. The zero-order valence-corrected chi connectivity index (χ0v) is 19.3. The van der Waals surface area contributed by atoms with Crippen molar-refractivity contribution in [3.05, 3.63) is 125 Å². The van der Waals surface area contributed by atoms with Crippen LogP contribution in [-0.4, -0.2) is 22.3 Å². The van der Waals surface area contributed by atoms with Gasteiger partial charge in [0.2, 0.25) is 0 Å². The third-order valence-electron chi connectivity index (χ3n) is 6.05. The average Bonchev–Trinajstić information content (AvgIpc) is 3.11. The van der Waals surface area contributed by atoms with Crippen LogP contribution >= 0.6 is 0 Å². The van der Waals surface area contributed by atoms with Gasteiger partial charge in [-0.1, -0.05) is 54.6 Å². The Balaban J connectivity index is 1.53. The predicted octanol–water partition coefficient (Wildman–Crippen LogP) is 6.62. The highest BCUT2D eigenvalue weighted by atomic mass is 19.1. The van der Waals surface area contributed by atoms with Crippen LogP contribution in [-0.2, 0) is 6.54 Å². The molecule has 1 heterocycles. The first-order valence-corrected chi connectivity index (χ1v) is 11.5. The number of halogens is 1. The molecule has 2 N–H and O–H groups in total. The topological polar surface area (TPSA) is 73.1 Å². The molecule has 0 spiro atoms. The summed E-state index contributed by atoms with van der Waals surface area (Å²) in [6.45, 7) is 0.271. The van der Waals surface area contributed by atoms with Crippen LogP contribution in [0.4, 0.5) is 15.8 Å². The lowest BCUT2D eigenvalue weighted by Gasteiger charge is -2.24. The Labute approximate surface area is 208 Å². The van der Waals surface area contributed by atoms with E-state index in [9.17, 15) is 19.4 Å². The Hall–Kier alpha value is -4.71. The van der Waals surface area contributed by atoms with Crippen molar-refractivity contribution in [2.75, 3.05) is 4.90 Å². The molecular formula is C30H23FN2O3. The lowest BCUT2D eigenvalue weighted by molar-refractivity contribution is 0.0982. The highest BCUT2D eigenvalue weighted by Gasteiger charge is 2.22. The summed E-state index contributed by atoms with van der Waals surface area (Å²) in [6, 6.07) is 25.6. The second kappa shape index (κ2) is 9.88. The molecule has 0 fully saturated rings. The van der Waals surface area contributed by atoms with E-state index in [4.69, 9.17) is 0 Å². The minimum Gasteiger partial charge on any atom is -0.508 e. The van der Waals surface area contributed by atoms with E-state index in [1.165, 1.54) is 18.2 Å². The lowest BCUT2D eigenvalue weighted by Crippen LogP contribution is -2.30. The molecule has 178 valence electrons. The van der Waals surface area contributed by atoms with Gasteiger partial charge < -0.3 is 15.1 Å². The first-order chi connectivity index (χ1) is 17.5. The zero-order chi connectivity index (χ0) is 25.1. The van der Waals surface area contributed by atoms with Crippen molar-refractivity contribution in [1.82, 2.24) is 0 Å². The van der Waals surface area contributed by atoms with E-state index < -0.39 is 5.91 Å². The number of hydrogen-bond donors (Lipinski definition) is 2. The number of hydrogen-bond acceptors (Lipinski definition) is 4. The number of allylic oxidation sites excluding steroid dienone is 1. The Morgan fingerprint density at radius 1 is 0.917 bits per heavy atom. The number of aliphatic imine (C=N–C) groups is 1. The van der Waals surface area contributed by atoms with E-state index in [0.717, 1.165) is 22.8 Å². The summed E-state index contributed by atoms with van der Waals surface area (Å²) in [5.41, 5.74) is 4.16. The fourth-order valence-corrected chi connectivity index (χ4v) is 4.29. The van der Waals surface area contributed by atoms with Crippen LogP contribution < -0.4 is 4.90 Å². The first kappa shape index (κ1) is 23.1. The van der Waals surface area contributed by atoms with Crippen LogP contribution in [0.1, 0.15) is 33.5 Å². The maximum Gasteiger partial charge on any atom is 0.262 e. The van der Waals surface area contributed by atoms with Crippen molar-refractivity contribution in [2.24, 2.45) is 4.99 Å². The SMILES string of the molecule is O=C(c1ccc(O)cc1O)N(Cc1ccccc1)c1ccc(C2=CCC=Nc3cccc(F)c32)cc1. The van der Waals surface area contributed by atoms with Crippen LogP contribution in [0.3, 0.4) is 0 Å². The highest BCUT2D eigenvalue weighted by molar-refractivity contribution is 6.08. The van der Waals surface area contributed by atoms with Crippen molar-refractivity contribution in [2.45, 2.75) is 13.0 Å². The molecule has 0 saturated carbocycles. The molecular weight excluding hydrogens is 455 g/mol. The zero-order valence-electron chi connectivity index (χ0n) is 19.3. The predicted molar refractivity (Wildman–Crippen MR) is 139 cm³/mol. The van der Waals surface area contributed by atoms with Gasteiger partial charge >= 0.3 is 0 Å². The van der Waals surface area contributed by atoms with Crippen LogP contribution in [0.15, 0.2) is 102 Å². The van der Waals surface area contributed by atoms with E-state index in [1.807, 2.05) is 48.5 Å². The number of anilines is 1. The molecule has 0 unspecified atom stereocenters. The van der Waals surface area contributed by atoms with Gasteiger partial charge in [-0.15, -0.1) is 0 Å². The third-order valence-corrected chi connectivity index (χ3v) is 6.05. The molecule has 0 aromatic heterocycles. The van der Waals surface area contributed by atoms with Crippen molar-refractivity contribution < 1.29 is 19.4 Å². The summed E-state index contributed by atoms with van der Waals surface area (Å²) < 4.78 is 14.8. The lowest BCUT2D eigenvalue weighted by atomic mass is 9.95. The van der Waals surface area contributed by atoms with Crippen molar-refractivity contribution in [3.63, 3.8) is 0 Å². The summed E-state index contributed by atoms with van der Waals surface area (Å²) in [6.07, 6.45) is 4.27. The van der Waals surface area contributed by atoms with Gasteiger partial charge in [0.05, 0.1) is 17.8 Å². The van der Waals surface area contributed by atoms with Gasteiger partial charge in [0.25, 0.3) is 5.91 Å². The second-order valence-electron chi connectivity index (χ2n) is 8.42. The normalized spacial score (nSPS) is 12.4. The van der Waals surface area contributed by atoms with Gasteiger partial charge in [-0.2, -0.15) is 0 Å². The van der Waals surface area contributed by atoms with E-state index in [-0.39, 0.29) is 29.4 Å². The molecule has 1 aliphatic rings. The summed E-state index contributed by atoms with van der Waals surface area (Å²) in [5, 5.41) is 20.0. The summed E-state index contributed by atoms with van der Waals surface area (Å²) in [4.78, 5) is 19.5. The molecule has 0 atom stereocenters. The average molecular weight is 479 g/mol. The Morgan fingerprint density at radius 3 is 2.44 bits per heavy atom. The molecule has 6 heteroatoms. The number of fused-ring (bicyclic) bond motifs is 1. The molecule has 4 aromatic rings. The van der Waals surface area contributed by atoms with E-state index >= 15 is 0 Å². The first-order valence-electron chi connectivity index (χ1n) is 11.5. The van der Waals surface area contributed by atoms with Gasteiger partial charge in [-0.25, -0.2) is 4.39 Å². The van der Waals surface area contributed by atoms with Crippen LogP contribution in [0, 0.1) is 5.82 Å². The maximum atomic E-state index is 14.8. The molecule has 5 nitrogen and oxygen atoms in total. The third kappa shape index (κ3) is 4.61. The van der Waals surface area contributed by atoms with E-state index in [0.29, 0.717) is 23.4 Å². The van der Waals surface area contributed by atoms with Gasteiger partial charge in [0.15, 0.2) is 0 Å². The molecule has 5 rings (SSSR count). The Morgan fingerprint density at radius 2 is 1.69 bits per heavy atom. The monoisotopic (exact) mass is 478 g/mol. The molecule has 4 aromatic carbocycles. The minimum atomic E-state index is -0.414. The minimum absolute atomic E-state index is 0.0763. The van der Waals surface area contributed by atoms with Crippen molar-refractivity contribution in [3.8, 4) is 11.5 Å². The number of carbonyl (C=O) groups excluding carboxylic acids is 1. The molecule has 0 bridgehead atoms. The number of nitrogens with zero attached hydrogens (tertiary/aromatic N) is 2. The summed E-state index contributed by atoms with van der Waals surface area (Å²) in [7, 11) is 0. The van der Waals surface area contributed by atoms with Crippen LogP contribution in [0.2, 0.25) is 0 Å². The molecule has 36 heavy (non-hydrogen) atoms. The molecule has 1 amide bonds. The fraction of sp³-hybridized carbons (Fsp3) is 0.0667. The Bertz CT molecular complexity index is 1480. The van der Waals surface area contributed by atoms with E-state index in [1.54, 1.807) is 35.4 Å². The number of aromatic hydroxyl groups is 2. The standard InChI is InChI=1S/C30H23FN2O3/c31-26-9-4-10-27-29(26)24(8-5-17-32-27)21-11-13-22(14-12-21)33(19-20-6-2-1-3-7-20)30(36)25-16-15-23(34)18-28(25)35/h1-4,6-18,34-35H,5,19H2. The number of phenolic OH excluding ortho intramolecular Hbond substituents is 2. The van der Waals surface area contributed by atoms with Crippen molar-refractivity contribution >= 4 is 29.1 Å². The van der Waals surface area contributed by atoms with Crippen LogP contribution in [0.5, 0.6) is 11.5 Å². The highest BCUT2D eigenvalue weighted by Crippen LogP contribution is 2.36. The second-order valence-corrected chi connectivity index (χ2v) is 8.42. The summed E-state index contributed by atoms with van der Waals surface area (Å²) in [5.74, 6) is -1.19. The number of carbonyl (C=O) groups is 1. The number of rotatable bonds is 5. The van der Waals surface area contributed by atoms with Gasteiger partial charge in [0, 0.05) is 30.0 Å². The van der Waals surface area contributed by atoms with Gasteiger partial charge in [-0.3, -0.25) is 9.79 Å². The van der Waals surface area contributed by atoms with Gasteiger partial charge in [-0.05, 0) is 53.1 Å². The smallest absolute Gasteiger partial charge is 0.262 e. The maximum absolute atomic E-state index is 14.8.